The summed E-state index contributed by atoms with van der Waals surface area (Å²) in [6.07, 6.45) is 3.43. The summed E-state index contributed by atoms with van der Waals surface area (Å²) in [7, 11) is 3.29. The molecule has 0 spiro atoms. The molecule has 3 heterocycles. The highest BCUT2D eigenvalue weighted by atomic mass is 32.2. The normalized spacial score (nSPS) is 15.6. The van der Waals surface area contributed by atoms with Gasteiger partial charge in [0.25, 0.3) is 0 Å². The van der Waals surface area contributed by atoms with Crippen LogP contribution in [0.2, 0.25) is 0 Å². The van der Waals surface area contributed by atoms with Crippen molar-refractivity contribution in [2.24, 2.45) is 0 Å². The molecule has 2 aromatic carbocycles. The van der Waals surface area contributed by atoms with Gasteiger partial charge in [-0.3, -0.25) is 4.79 Å². The fourth-order valence-electron chi connectivity index (χ4n) is 4.37. The first-order chi connectivity index (χ1) is 16.7. The van der Waals surface area contributed by atoms with Crippen molar-refractivity contribution in [2.45, 2.75) is 23.9 Å². The summed E-state index contributed by atoms with van der Waals surface area (Å²) in [4.78, 5) is 24.7. The number of rotatable bonds is 7. The van der Waals surface area contributed by atoms with Crippen molar-refractivity contribution in [1.82, 2.24) is 14.9 Å². The van der Waals surface area contributed by atoms with E-state index in [1.54, 1.807) is 20.5 Å². The minimum atomic E-state index is -0.0426. The predicted molar refractivity (Wildman–Crippen MR) is 131 cm³/mol. The van der Waals surface area contributed by atoms with Gasteiger partial charge in [0.05, 0.1) is 37.8 Å². The van der Waals surface area contributed by atoms with Gasteiger partial charge < -0.3 is 18.8 Å². The van der Waals surface area contributed by atoms with Crippen LogP contribution in [0, 0.1) is 0 Å². The molecule has 7 nitrogen and oxygen atoms in total. The molecular formula is C26H25N3O4S. The number of carbonyl (C=O) groups excluding carboxylic acids is 1. The van der Waals surface area contributed by atoms with Gasteiger partial charge in [0.15, 0.2) is 11.6 Å². The number of methoxy groups -OCH3 is 2. The Bertz CT molecular complexity index is 1310. The van der Waals surface area contributed by atoms with Gasteiger partial charge in [0, 0.05) is 17.5 Å². The van der Waals surface area contributed by atoms with Gasteiger partial charge in [0.1, 0.15) is 16.5 Å². The second kappa shape index (κ2) is 9.77. The van der Waals surface area contributed by atoms with E-state index in [1.165, 1.54) is 11.8 Å². The van der Waals surface area contributed by atoms with E-state index in [4.69, 9.17) is 18.9 Å². The summed E-state index contributed by atoms with van der Waals surface area (Å²) in [5.74, 6) is 2.98. The zero-order valence-corrected chi connectivity index (χ0v) is 19.9. The second-order valence-corrected chi connectivity index (χ2v) is 8.95. The Balaban J connectivity index is 1.39. The number of hydrogen-bond donors (Lipinski definition) is 0. The smallest absolute Gasteiger partial charge is 0.233 e. The minimum Gasteiger partial charge on any atom is -0.497 e. The van der Waals surface area contributed by atoms with Gasteiger partial charge in [-0.05, 0) is 49.2 Å². The fraction of sp³-hybridized carbons (Fsp3) is 0.269. The van der Waals surface area contributed by atoms with Gasteiger partial charge in [0.2, 0.25) is 5.91 Å². The number of aromatic nitrogens is 2. The van der Waals surface area contributed by atoms with Gasteiger partial charge in [-0.1, -0.05) is 30.0 Å². The number of furan rings is 1. The molecule has 0 aliphatic carbocycles. The van der Waals surface area contributed by atoms with E-state index < -0.39 is 0 Å². The molecule has 1 unspecified atom stereocenters. The van der Waals surface area contributed by atoms with Crippen molar-refractivity contribution in [1.29, 1.82) is 0 Å². The molecule has 2 aromatic heterocycles. The average molecular weight is 476 g/mol. The Kier molecular flexibility index (Phi) is 6.40. The lowest BCUT2D eigenvalue weighted by molar-refractivity contribution is -0.129. The third kappa shape index (κ3) is 4.33. The number of ether oxygens (including phenoxy) is 2. The number of likely N-dealkylation sites (tertiary alicyclic amines) is 1. The zero-order chi connectivity index (χ0) is 23.5. The molecule has 4 aromatic rings. The van der Waals surface area contributed by atoms with Crippen LogP contribution in [0.25, 0.3) is 22.5 Å². The first kappa shape index (κ1) is 22.3. The summed E-state index contributed by atoms with van der Waals surface area (Å²) in [6, 6.07) is 17.2. The number of hydrogen-bond acceptors (Lipinski definition) is 7. The highest BCUT2D eigenvalue weighted by Crippen LogP contribution is 2.39. The topological polar surface area (TPSA) is 77.7 Å². The molecule has 34 heavy (non-hydrogen) atoms. The number of fused-ring (bicyclic) bond motifs is 1. The van der Waals surface area contributed by atoms with Crippen LogP contribution in [-0.2, 0) is 4.79 Å². The number of nitrogens with zero attached hydrogens (tertiary/aromatic N) is 3. The van der Waals surface area contributed by atoms with E-state index in [0.29, 0.717) is 18.1 Å². The maximum Gasteiger partial charge on any atom is 0.233 e. The van der Waals surface area contributed by atoms with E-state index in [2.05, 4.69) is 4.98 Å². The summed E-state index contributed by atoms with van der Waals surface area (Å²) in [6.45, 7) is 0.715. The molecule has 0 saturated carbocycles. The molecule has 8 heteroatoms. The number of benzene rings is 2. The lowest BCUT2D eigenvalue weighted by Gasteiger charge is -2.26. The predicted octanol–water partition coefficient (Wildman–Crippen LogP) is 5.36. The molecule has 0 N–H and O–H groups in total. The van der Waals surface area contributed by atoms with E-state index in [9.17, 15) is 4.79 Å². The van der Waals surface area contributed by atoms with Crippen LogP contribution in [0.15, 0.2) is 70.3 Å². The van der Waals surface area contributed by atoms with Crippen LogP contribution < -0.4 is 9.47 Å². The van der Waals surface area contributed by atoms with Crippen LogP contribution >= 0.6 is 11.8 Å². The fourth-order valence-corrected chi connectivity index (χ4v) is 5.28. The summed E-state index contributed by atoms with van der Waals surface area (Å²) in [5, 5.41) is 1.68. The highest BCUT2D eigenvalue weighted by Gasteiger charge is 2.32. The molecule has 1 saturated heterocycles. The molecule has 1 atom stereocenters. The number of amides is 1. The quantitative estimate of drug-likeness (QED) is 0.263. The molecule has 0 radical (unpaired) electrons. The van der Waals surface area contributed by atoms with Gasteiger partial charge in [-0.25, -0.2) is 9.97 Å². The molecular weight excluding hydrogens is 450 g/mol. The van der Waals surface area contributed by atoms with Gasteiger partial charge in [-0.2, -0.15) is 0 Å². The second-order valence-electron chi connectivity index (χ2n) is 7.99. The number of thioether (sulfide) groups is 1. The van der Waals surface area contributed by atoms with E-state index in [0.717, 1.165) is 45.8 Å². The van der Waals surface area contributed by atoms with Crippen molar-refractivity contribution in [3.05, 3.63) is 66.4 Å². The van der Waals surface area contributed by atoms with Crippen molar-refractivity contribution >= 4 is 28.6 Å². The first-order valence-corrected chi connectivity index (χ1v) is 12.1. The third-order valence-electron chi connectivity index (χ3n) is 6.01. The van der Waals surface area contributed by atoms with E-state index in [1.807, 2.05) is 59.5 Å². The van der Waals surface area contributed by atoms with E-state index >= 15 is 0 Å². The number of carbonyl (C=O) groups is 1. The van der Waals surface area contributed by atoms with Crippen molar-refractivity contribution in [3.63, 3.8) is 0 Å². The Morgan fingerprint density at radius 3 is 2.79 bits per heavy atom. The Morgan fingerprint density at radius 2 is 2.00 bits per heavy atom. The Morgan fingerprint density at radius 1 is 1.12 bits per heavy atom. The molecule has 174 valence electrons. The van der Waals surface area contributed by atoms with Crippen molar-refractivity contribution < 1.29 is 18.7 Å². The van der Waals surface area contributed by atoms with Crippen LogP contribution in [0.5, 0.6) is 11.5 Å². The third-order valence-corrected chi connectivity index (χ3v) is 6.99. The maximum atomic E-state index is 13.4. The standard InChI is InChI=1S/C26H25N3O4S/c1-31-17-11-12-22(32-2)19(15-17)21-9-5-13-29(21)24(30)16-34-26-18-7-3-4-8-20(18)27-25(28-26)23-10-6-14-33-23/h3-4,6-8,10-12,14-15,21H,5,9,13,16H2,1-2H3. The van der Waals surface area contributed by atoms with E-state index in [-0.39, 0.29) is 17.7 Å². The zero-order valence-electron chi connectivity index (χ0n) is 19.1. The summed E-state index contributed by atoms with van der Waals surface area (Å²) >= 11 is 1.43. The van der Waals surface area contributed by atoms with Crippen LogP contribution in [0.4, 0.5) is 0 Å². The average Bonchev–Trinajstić information content (AvgIpc) is 3.59. The summed E-state index contributed by atoms with van der Waals surface area (Å²) < 4.78 is 16.5. The maximum absolute atomic E-state index is 13.4. The lowest BCUT2D eigenvalue weighted by atomic mass is 10.0. The molecule has 1 amide bonds. The molecule has 1 fully saturated rings. The molecule has 0 bridgehead atoms. The lowest BCUT2D eigenvalue weighted by Crippen LogP contribution is -2.32. The van der Waals surface area contributed by atoms with Crippen LogP contribution in [0.3, 0.4) is 0 Å². The monoisotopic (exact) mass is 475 g/mol. The number of para-hydroxylation sites is 1. The highest BCUT2D eigenvalue weighted by molar-refractivity contribution is 8.00. The molecule has 1 aliphatic rings. The molecule has 5 rings (SSSR count). The van der Waals surface area contributed by atoms with Crippen LogP contribution in [-0.4, -0.2) is 47.3 Å². The largest absolute Gasteiger partial charge is 0.497 e. The van der Waals surface area contributed by atoms with Gasteiger partial charge in [-0.15, -0.1) is 0 Å². The SMILES string of the molecule is COc1ccc(OC)c(C2CCCN2C(=O)CSc2nc(-c3ccco3)nc3ccccc23)c1. The Hall–Kier alpha value is -3.52. The summed E-state index contributed by atoms with van der Waals surface area (Å²) in [5.41, 5.74) is 1.80. The minimum absolute atomic E-state index is 0.0426. The first-order valence-electron chi connectivity index (χ1n) is 11.1. The Labute approximate surface area is 202 Å². The van der Waals surface area contributed by atoms with Crippen molar-refractivity contribution in [3.8, 4) is 23.1 Å². The van der Waals surface area contributed by atoms with Crippen molar-refractivity contribution in [2.75, 3.05) is 26.5 Å². The molecule has 1 aliphatic heterocycles. The van der Waals surface area contributed by atoms with Crippen LogP contribution in [0.1, 0.15) is 24.4 Å². The van der Waals surface area contributed by atoms with Gasteiger partial charge >= 0.3 is 0 Å².